The summed E-state index contributed by atoms with van der Waals surface area (Å²) in [5, 5.41) is 0.544. The molecule has 0 aliphatic carbocycles. The Labute approximate surface area is 161 Å². The minimum absolute atomic E-state index is 0.0505. The maximum absolute atomic E-state index is 12.6. The number of carbonyl (C=O) groups excluding carboxylic acids is 2. The standard InChI is InChI=1S/C21H21N3O4/c1-14-7-5-10-16-18(14)23-13-24(21(16)27)12-6-11-17(25)28-19(20(22)26)15-8-3-2-4-9-15/h2-5,7-10,13,19H,6,11-12H2,1H3,(H2,22,26). The number of nitrogens with two attached hydrogens (primary N) is 1. The van der Waals surface area contributed by atoms with Gasteiger partial charge in [0.25, 0.3) is 11.5 Å². The minimum Gasteiger partial charge on any atom is -0.447 e. The molecule has 7 heteroatoms. The Kier molecular flexibility index (Phi) is 5.84. The van der Waals surface area contributed by atoms with Crippen LogP contribution in [0.5, 0.6) is 0 Å². The lowest BCUT2D eigenvalue weighted by Gasteiger charge is -2.15. The summed E-state index contributed by atoms with van der Waals surface area (Å²) in [6.45, 7) is 2.22. The van der Waals surface area contributed by atoms with E-state index in [0.29, 0.717) is 29.4 Å². The van der Waals surface area contributed by atoms with Gasteiger partial charge in [-0.3, -0.25) is 19.0 Å². The highest BCUT2D eigenvalue weighted by Gasteiger charge is 2.22. The third-order valence-corrected chi connectivity index (χ3v) is 4.45. The first-order chi connectivity index (χ1) is 13.5. The summed E-state index contributed by atoms with van der Waals surface area (Å²) in [7, 11) is 0. The number of aryl methyl sites for hydroxylation is 2. The monoisotopic (exact) mass is 379 g/mol. The van der Waals surface area contributed by atoms with Crippen LogP contribution < -0.4 is 11.3 Å². The number of benzene rings is 2. The zero-order valence-electron chi connectivity index (χ0n) is 15.5. The molecule has 1 heterocycles. The van der Waals surface area contributed by atoms with Crippen molar-refractivity contribution in [3.05, 3.63) is 76.3 Å². The molecule has 0 radical (unpaired) electrons. The zero-order valence-corrected chi connectivity index (χ0v) is 15.5. The summed E-state index contributed by atoms with van der Waals surface area (Å²) in [6, 6.07) is 14.1. The Morgan fingerprint density at radius 1 is 1.14 bits per heavy atom. The molecule has 0 bridgehead atoms. The average Bonchev–Trinajstić information content (AvgIpc) is 2.69. The molecule has 0 saturated carbocycles. The van der Waals surface area contributed by atoms with Crippen LogP contribution in [0, 0.1) is 6.92 Å². The molecule has 2 N–H and O–H groups in total. The Morgan fingerprint density at radius 2 is 1.89 bits per heavy atom. The third kappa shape index (κ3) is 4.25. The predicted molar refractivity (Wildman–Crippen MR) is 104 cm³/mol. The number of hydrogen-bond acceptors (Lipinski definition) is 5. The van der Waals surface area contributed by atoms with Crippen molar-refractivity contribution in [1.29, 1.82) is 0 Å². The van der Waals surface area contributed by atoms with Gasteiger partial charge in [-0.05, 0) is 25.0 Å². The van der Waals surface area contributed by atoms with Gasteiger partial charge in [0.1, 0.15) is 0 Å². The molecule has 0 spiro atoms. The van der Waals surface area contributed by atoms with Gasteiger partial charge < -0.3 is 10.5 Å². The molecule has 1 amide bonds. The van der Waals surface area contributed by atoms with Crippen molar-refractivity contribution in [2.75, 3.05) is 0 Å². The van der Waals surface area contributed by atoms with Crippen LogP contribution in [-0.4, -0.2) is 21.4 Å². The fourth-order valence-electron chi connectivity index (χ4n) is 3.00. The van der Waals surface area contributed by atoms with Crippen molar-refractivity contribution in [2.24, 2.45) is 5.73 Å². The molecule has 2 aromatic carbocycles. The Hall–Kier alpha value is -3.48. The largest absolute Gasteiger partial charge is 0.447 e. The Bertz CT molecular complexity index is 1060. The topological polar surface area (TPSA) is 104 Å². The van der Waals surface area contributed by atoms with E-state index in [1.165, 1.54) is 10.9 Å². The summed E-state index contributed by atoms with van der Waals surface area (Å²) < 4.78 is 6.71. The van der Waals surface area contributed by atoms with Gasteiger partial charge >= 0.3 is 5.97 Å². The van der Waals surface area contributed by atoms with Crippen LogP contribution in [0.3, 0.4) is 0 Å². The number of ether oxygens (including phenoxy) is 1. The Balaban J connectivity index is 1.62. The van der Waals surface area contributed by atoms with Crippen LogP contribution in [0.15, 0.2) is 59.7 Å². The van der Waals surface area contributed by atoms with E-state index in [-0.39, 0.29) is 12.0 Å². The highest BCUT2D eigenvalue weighted by molar-refractivity contribution is 5.83. The third-order valence-electron chi connectivity index (χ3n) is 4.45. The molecule has 0 saturated heterocycles. The second-order valence-corrected chi connectivity index (χ2v) is 6.50. The van der Waals surface area contributed by atoms with Crippen LogP contribution in [0.25, 0.3) is 10.9 Å². The van der Waals surface area contributed by atoms with Crippen molar-refractivity contribution in [2.45, 2.75) is 32.4 Å². The molecule has 3 rings (SSSR count). The van der Waals surface area contributed by atoms with E-state index >= 15 is 0 Å². The van der Waals surface area contributed by atoms with Gasteiger partial charge in [0.15, 0.2) is 0 Å². The van der Waals surface area contributed by atoms with Gasteiger partial charge in [0.2, 0.25) is 6.10 Å². The molecule has 28 heavy (non-hydrogen) atoms. The van der Waals surface area contributed by atoms with Crippen LogP contribution in [0.1, 0.15) is 30.1 Å². The quantitative estimate of drug-likeness (QED) is 0.634. The maximum Gasteiger partial charge on any atom is 0.306 e. The molecule has 7 nitrogen and oxygen atoms in total. The second-order valence-electron chi connectivity index (χ2n) is 6.50. The number of para-hydroxylation sites is 1. The first-order valence-electron chi connectivity index (χ1n) is 8.96. The lowest BCUT2D eigenvalue weighted by molar-refractivity contribution is -0.155. The number of fused-ring (bicyclic) bond motifs is 1. The molecule has 1 unspecified atom stereocenters. The maximum atomic E-state index is 12.6. The fraction of sp³-hybridized carbons (Fsp3) is 0.238. The summed E-state index contributed by atoms with van der Waals surface area (Å²) >= 11 is 0. The number of nitrogens with zero attached hydrogens (tertiary/aromatic N) is 2. The first-order valence-corrected chi connectivity index (χ1v) is 8.96. The summed E-state index contributed by atoms with van der Waals surface area (Å²) in [6.07, 6.45) is 0.785. The first kappa shape index (κ1) is 19.3. The lowest BCUT2D eigenvalue weighted by Crippen LogP contribution is -2.26. The van der Waals surface area contributed by atoms with Crippen LogP contribution in [-0.2, 0) is 20.9 Å². The smallest absolute Gasteiger partial charge is 0.306 e. The lowest BCUT2D eigenvalue weighted by atomic mass is 10.1. The number of aromatic nitrogens is 2. The SMILES string of the molecule is Cc1cccc2c(=O)n(CCCC(=O)OC(C(N)=O)c3ccccc3)cnc12. The Morgan fingerprint density at radius 3 is 2.61 bits per heavy atom. The molecular weight excluding hydrogens is 358 g/mol. The summed E-state index contributed by atoms with van der Waals surface area (Å²) in [5.41, 5.74) is 7.33. The van der Waals surface area contributed by atoms with Crippen LogP contribution >= 0.6 is 0 Å². The fourth-order valence-corrected chi connectivity index (χ4v) is 3.00. The minimum atomic E-state index is -1.12. The highest BCUT2D eigenvalue weighted by Crippen LogP contribution is 2.18. The molecule has 1 aromatic heterocycles. The van der Waals surface area contributed by atoms with E-state index in [9.17, 15) is 14.4 Å². The number of rotatable bonds is 7. The molecule has 0 aliphatic rings. The number of carbonyl (C=O) groups is 2. The predicted octanol–water partition coefficient (Wildman–Crippen LogP) is 2.25. The molecule has 3 aromatic rings. The van der Waals surface area contributed by atoms with Crippen molar-refractivity contribution in [1.82, 2.24) is 9.55 Å². The zero-order chi connectivity index (χ0) is 20.1. The van der Waals surface area contributed by atoms with E-state index in [2.05, 4.69) is 4.98 Å². The average molecular weight is 379 g/mol. The van der Waals surface area contributed by atoms with E-state index in [4.69, 9.17) is 10.5 Å². The second kappa shape index (κ2) is 8.47. The van der Waals surface area contributed by atoms with Gasteiger partial charge in [-0.1, -0.05) is 42.5 Å². The van der Waals surface area contributed by atoms with Crippen molar-refractivity contribution >= 4 is 22.8 Å². The van der Waals surface area contributed by atoms with E-state index in [0.717, 1.165) is 5.56 Å². The normalized spacial score (nSPS) is 11.9. The molecular formula is C21H21N3O4. The molecule has 144 valence electrons. The number of esters is 1. The van der Waals surface area contributed by atoms with Crippen LogP contribution in [0.4, 0.5) is 0 Å². The van der Waals surface area contributed by atoms with Gasteiger partial charge in [0, 0.05) is 18.5 Å². The molecule has 0 fully saturated rings. The van der Waals surface area contributed by atoms with Crippen molar-refractivity contribution in [3.63, 3.8) is 0 Å². The van der Waals surface area contributed by atoms with Gasteiger partial charge in [-0.15, -0.1) is 0 Å². The molecule has 0 aliphatic heterocycles. The van der Waals surface area contributed by atoms with Gasteiger partial charge in [0.05, 0.1) is 17.2 Å². The van der Waals surface area contributed by atoms with E-state index in [1.807, 2.05) is 19.1 Å². The summed E-state index contributed by atoms with van der Waals surface area (Å²) in [5.74, 6) is -1.28. The number of hydrogen-bond donors (Lipinski definition) is 1. The van der Waals surface area contributed by atoms with E-state index in [1.54, 1.807) is 36.4 Å². The van der Waals surface area contributed by atoms with Crippen LogP contribution in [0.2, 0.25) is 0 Å². The summed E-state index contributed by atoms with van der Waals surface area (Å²) in [4.78, 5) is 40.6. The highest BCUT2D eigenvalue weighted by atomic mass is 16.5. The van der Waals surface area contributed by atoms with Gasteiger partial charge in [-0.25, -0.2) is 4.98 Å². The van der Waals surface area contributed by atoms with Gasteiger partial charge in [-0.2, -0.15) is 0 Å². The number of amides is 1. The molecule has 1 atom stereocenters. The van der Waals surface area contributed by atoms with E-state index < -0.39 is 18.0 Å². The number of primary amides is 1. The van der Waals surface area contributed by atoms with Crippen molar-refractivity contribution in [3.8, 4) is 0 Å². The van der Waals surface area contributed by atoms with Crippen molar-refractivity contribution < 1.29 is 14.3 Å².